The molecule has 2 aromatic carbocycles. The third-order valence-corrected chi connectivity index (χ3v) is 7.12. The Bertz CT molecular complexity index is 1350. The summed E-state index contributed by atoms with van der Waals surface area (Å²) in [5.41, 5.74) is 1.26. The maximum atomic E-state index is 13.5. The van der Waals surface area contributed by atoms with Crippen LogP contribution < -0.4 is 15.0 Å². The molecule has 0 aliphatic heterocycles. The van der Waals surface area contributed by atoms with Crippen LogP contribution in [0.4, 0.5) is 0 Å². The molecule has 3 aromatic rings. The number of nitrogens with zero attached hydrogens (tertiary/aromatic N) is 3. The molecule has 0 N–H and O–H groups in total. The predicted octanol–water partition coefficient (Wildman–Crippen LogP) is 5.66. The molecule has 1 heterocycles. The number of rotatable bonds is 9. The molecule has 0 unspecified atom stereocenters. The first-order valence-corrected chi connectivity index (χ1v) is 13.9. The van der Waals surface area contributed by atoms with Gasteiger partial charge in [0.05, 0.1) is 33.9 Å². The summed E-state index contributed by atoms with van der Waals surface area (Å²) in [5.74, 6) is 1.42. The van der Waals surface area contributed by atoms with Gasteiger partial charge in [-0.3, -0.25) is 4.79 Å². The van der Waals surface area contributed by atoms with E-state index in [0.29, 0.717) is 34.8 Å². The fourth-order valence-corrected chi connectivity index (χ4v) is 5.28. The average molecular weight is 617 g/mol. The molecule has 0 spiro atoms. The molecule has 1 atom stereocenters. The number of carbonyl (C=O) groups is 1. The van der Waals surface area contributed by atoms with Crippen molar-refractivity contribution >= 4 is 45.7 Å². The molecule has 1 aromatic heterocycles. The second kappa shape index (κ2) is 12.5. The van der Waals surface area contributed by atoms with Crippen molar-refractivity contribution in [2.24, 2.45) is 5.10 Å². The normalized spacial score (nSPS) is 15.1. The standard InChI is InChI=1S/C28H32IN3O5/c1-4-35-24-16-19(15-22(29)25(24)37-18(3)28(34)36-5-2)17-30-32-26(20-11-7-6-8-12-20)31-23-14-10-9-13-21(23)27(32)33/h9-10,13-18,20H,4-8,11-12H2,1-3H3/t18-/m1/s1. The smallest absolute Gasteiger partial charge is 0.347 e. The molecule has 196 valence electrons. The lowest BCUT2D eigenvalue weighted by molar-refractivity contribution is -0.150. The van der Waals surface area contributed by atoms with Crippen LogP contribution in [-0.4, -0.2) is 41.2 Å². The average Bonchev–Trinajstić information content (AvgIpc) is 2.90. The fourth-order valence-electron chi connectivity index (χ4n) is 4.53. The number of benzene rings is 2. The van der Waals surface area contributed by atoms with E-state index in [1.807, 2.05) is 31.2 Å². The highest BCUT2D eigenvalue weighted by Gasteiger charge is 2.23. The number of hydrogen-bond donors (Lipinski definition) is 0. The number of esters is 1. The summed E-state index contributed by atoms with van der Waals surface area (Å²) in [5, 5.41) is 5.17. The minimum absolute atomic E-state index is 0.176. The van der Waals surface area contributed by atoms with E-state index < -0.39 is 12.1 Å². The van der Waals surface area contributed by atoms with E-state index in [1.54, 1.807) is 32.2 Å². The number of fused-ring (bicyclic) bond motifs is 1. The maximum Gasteiger partial charge on any atom is 0.347 e. The van der Waals surface area contributed by atoms with Crippen LogP contribution in [0.2, 0.25) is 0 Å². The minimum atomic E-state index is -0.785. The van der Waals surface area contributed by atoms with Gasteiger partial charge in [0.2, 0.25) is 0 Å². The number of ether oxygens (including phenoxy) is 3. The van der Waals surface area contributed by atoms with Crippen LogP contribution in [0.5, 0.6) is 11.5 Å². The number of carbonyl (C=O) groups excluding carboxylic acids is 1. The van der Waals surface area contributed by atoms with Crippen LogP contribution in [0, 0.1) is 3.57 Å². The summed E-state index contributed by atoms with van der Waals surface area (Å²) < 4.78 is 19.0. The lowest BCUT2D eigenvalue weighted by Crippen LogP contribution is -2.26. The van der Waals surface area contributed by atoms with Gasteiger partial charge in [0.25, 0.3) is 5.56 Å². The first-order valence-electron chi connectivity index (χ1n) is 12.8. The molecule has 1 aliphatic carbocycles. The van der Waals surface area contributed by atoms with Crippen LogP contribution in [0.1, 0.15) is 70.2 Å². The van der Waals surface area contributed by atoms with Gasteiger partial charge in [0.15, 0.2) is 17.6 Å². The van der Waals surface area contributed by atoms with Crippen molar-refractivity contribution in [2.75, 3.05) is 13.2 Å². The van der Waals surface area contributed by atoms with E-state index in [-0.39, 0.29) is 18.1 Å². The quantitative estimate of drug-likeness (QED) is 0.175. The highest BCUT2D eigenvalue weighted by atomic mass is 127. The summed E-state index contributed by atoms with van der Waals surface area (Å²) in [4.78, 5) is 30.4. The zero-order valence-corrected chi connectivity index (χ0v) is 23.6. The highest BCUT2D eigenvalue weighted by molar-refractivity contribution is 14.1. The van der Waals surface area contributed by atoms with Gasteiger partial charge >= 0.3 is 5.97 Å². The van der Waals surface area contributed by atoms with Crippen molar-refractivity contribution in [3.05, 3.63) is 61.7 Å². The molecule has 1 saturated carbocycles. The summed E-state index contributed by atoms with van der Waals surface area (Å²) in [6.07, 6.45) is 6.31. The van der Waals surface area contributed by atoms with Crippen molar-refractivity contribution in [1.82, 2.24) is 9.66 Å². The van der Waals surface area contributed by atoms with Crippen molar-refractivity contribution < 1.29 is 19.0 Å². The number of halogens is 1. The Labute approximate surface area is 230 Å². The third-order valence-electron chi connectivity index (χ3n) is 6.32. The van der Waals surface area contributed by atoms with E-state index in [4.69, 9.17) is 19.2 Å². The van der Waals surface area contributed by atoms with Gasteiger partial charge in [-0.1, -0.05) is 31.4 Å². The fraction of sp³-hybridized carbons (Fsp3) is 0.429. The van der Waals surface area contributed by atoms with E-state index in [0.717, 1.165) is 34.8 Å². The Kier molecular flexibility index (Phi) is 9.18. The molecule has 1 fully saturated rings. The Morgan fingerprint density at radius 3 is 2.68 bits per heavy atom. The third kappa shape index (κ3) is 6.31. The van der Waals surface area contributed by atoms with Gasteiger partial charge in [0, 0.05) is 5.92 Å². The van der Waals surface area contributed by atoms with Gasteiger partial charge in [-0.2, -0.15) is 9.78 Å². The van der Waals surface area contributed by atoms with Crippen LogP contribution >= 0.6 is 22.6 Å². The molecule has 0 saturated heterocycles. The molecule has 1 aliphatic rings. The monoisotopic (exact) mass is 617 g/mol. The van der Waals surface area contributed by atoms with E-state index in [9.17, 15) is 9.59 Å². The van der Waals surface area contributed by atoms with Crippen LogP contribution in [0.25, 0.3) is 10.9 Å². The second-order valence-electron chi connectivity index (χ2n) is 8.96. The molecule has 4 rings (SSSR count). The summed E-state index contributed by atoms with van der Waals surface area (Å²) >= 11 is 2.14. The van der Waals surface area contributed by atoms with Crippen molar-refractivity contribution in [3.8, 4) is 11.5 Å². The van der Waals surface area contributed by atoms with Gasteiger partial charge in [-0.25, -0.2) is 9.78 Å². The molecular weight excluding hydrogens is 585 g/mol. The van der Waals surface area contributed by atoms with Gasteiger partial charge < -0.3 is 14.2 Å². The van der Waals surface area contributed by atoms with Gasteiger partial charge in [0.1, 0.15) is 5.82 Å². The number of aromatic nitrogens is 2. The largest absolute Gasteiger partial charge is 0.490 e. The number of hydrogen-bond acceptors (Lipinski definition) is 7. The Morgan fingerprint density at radius 1 is 1.19 bits per heavy atom. The minimum Gasteiger partial charge on any atom is -0.490 e. The molecule has 0 bridgehead atoms. The molecule has 37 heavy (non-hydrogen) atoms. The van der Waals surface area contributed by atoms with Gasteiger partial charge in [-0.05, 0) is 86.0 Å². The zero-order chi connectivity index (χ0) is 26.4. The first kappa shape index (κ1) is 27.1. The lowest BCUT2D eigenvalue weighted by Gasteiger charge is -2.22. The van der Waals surface area contributed by atoms with Crippen molar-refractivity contribution in [1.29, 1.82) is 0 Å². The molecule has 8 nitrogen and oxygen atoms in total. The van der Waals surface area contributed by atoms with Crippen molar-refractivity contribution in [2.45, 2.75) is 64.9 Å². The summed E-state index contributed by atoms with van der Waals surface area (Å²) in [7, 11) is 0. The Balaban J connectivity index is 1.72. The van der Waals surface area contributed by atoms with Crippen LogP contribution in [0.15, 0.2) is 46.3 Å². The van der Waals surface area contributed by atoms with Crippen molar-refractivity contribution in [3.63, 3.8) is 0 Å². The second-order valence-corrected chi connectivity index (χ2v) is 10.1. The molecule has 9 heteroatoms. The predicted molar refractivity (Wildman–Crippen MR) is 152 cm³/mol. The van der Waals surface area contributed by atoms with Gasteiger partial charge in [-0.15, -0.1) is 0 Å². The SMILES string of the molecule is CCOC(=O)[C@@H](C)Oc1c(I)cc(C=Nn2c(C3CCCCC3)nc3ccccc3c2=O)cc1OCC. The lowest BCUT2D eigenvalue weighted by atomic mass is 9.88. The van der Waals surface area contributed by atoms with E-state index in [1.165, 1.54) is 11.1 Å². The zero-order valence-electron chi connectivity index (χ0n) is 21.4. The summed E-state index contributed by atoms with van der Waals surface area (Å²) in [6.45, 7) is 5.97. The Hall–Kier alpha value is -2.95. The number of para-hydroxylation sites is 1. The maximum absolute atomic E-state index is 13.5. The molecular formula is C28H32IN3O5. The molecule has 0 radical (unpaired) electrons. The van der Waals surface area contributed by atoms with E-state index in [2.05, 4.69) is 27.7 Å². The topological polar surface area (TPSA) is 92.0 Å². The first-order chi connectivity index (χ1) is 17.9. The summed E-state index contributed by atoms with van der Waals surface area (Å²) in [6, 6.07) is 11.1. The van der Waals surface area contributed by atoms with E-state index >= 15 is 0 Å². The highest BCUT2D eigenvalue weighted by Crippen LogP contribution is 2.35. The van der Waals surface area contributed by atoms with Crippen LogP contribution in [0.3, 0.4) is 0 Å². The Morgan fingerprint density at radius 2 is 1.95 bits per heavy atom. The van der Waals surface area contributed by atoms with Crippen LogP contribution in [-0.2, 0) is 9.53 Å². The molecule has 0 amide bonds.